The number of nitrogens with zero attached hydrogens (tertiary/aromatic N) is 3. The highest BCUT2D eigenvalue weighted by Crippen LogP contribution is 2.31. The maximum absolute atomic E-state index is 11.7. The molecule has 104 valence electrons. The molecule has 1 aromatic rings. The predicted molar refractivity (Wildman–Crippen MR) is 77.2 cm³/mol. The molecule has 0 bridgehead atoms. The molecule has 0 aliphatic carbocycles. The topological polar surface area (TPSA) is 36.4 Å². The number of aromatic nitrogens is 1. The van der Waals surface area contributed by atoms with Crippen LogP contribution in [0.25, 0.3) is 0 Å². The van der Waals surface area contributed by atoms with Gasteiger partial charge in [0.25, 0.3) is 0 Å². The van der Waals surface area contributed by atoms with Gasteiger partial charge < -0.3 is 9.80 Å². The van der Waals surface area contributed by atoms with Crippen molar-refractivity contribution in [1.29, 1.82) is 0 Å². The molecule has 0 aromatic carbocycles. The number of amides is 1. The minimum Gasteiger partial charge on any atom is -0.360 e. The maximum Gasteiger partial charge on any atom is 0.219 e. The molecule has 1 fully saturated rings. The van der Waals surface area contributed by atoms with Gasteiger partial charge in [-0.3, -0.25) is 4.79 Å². The van der Waals surface area contributed by atoms with Gasteiger partial charge in [0, 0.05) is 33.3 Å². The van der Waals surface area contributed by atoms with Crippen LogP contribution in [0.1, 0.15) is 44.7 Å². The highest BCUT2D eigenvalue weighted by Gasteiger charge is 2.25. The highest BCUT2D eigenvalue weighted by molar-refractivity contribution is 5.74. The van der Waals surface area contributed by atoms with E-state index in [2.05, 4.69) is 22.9 Å². The molecule has 19 heavy (non-hydrogen) atoms. The van der Waals surface area contributed by atoms with Gasteiger partial charge >= 0.3 is 0 Å². The molecular weight excluding hydrogens is 238 g/mol. The minimum absolute atomic E-state index is 0.166. The third-order valence-corrected chi connectivity index (χ3v) is 3.93. The van der Waals surface area contributed by atoms with Gasteiger partial charge in [-0.2, -0.15) is 0 Å². The summed E-state index contributed by atoms with van der Waals surface area (Å²) in [7, 11) is 2.03. The number of piperidine rings is 1. The zero-order valence-electron chi connectivity index (χ0n) is 12.1. The lowest BCUT2D eigenvalue weighted by molar-refractivity contribution is -0.132. The molecule has 1 atom stereocenters. The van der Waals surface area contributed by atoms with E-state index in [0.29, 0.717) is 0 Å². The fourth-order valence-corrected chi connectivity index (χ4v) is 2.64. The molecule has 0 saturated carbocycles. The van der Waals surface area contributed by atoms with Gasteiger partial charge in [0.15, 0.2) is 0 Å². The zero-order valence-corrected chi connectivity index (χ0v) is 12.1. The molecule has 0 radical (unpaired) electrons. The summed E-state index contributed by atoms with van der Waals surface area (Å²) in [5, 5.41) is 0. The molecule has 1 aliphatic rings. The van der Waals surface area contributed by atoms with E-state index in [0.717, 1.165) is 37.3 Å². The molecule has 1 aromatic heterocycles. The molecule has 2 rings (SSSR count). The fourth-order valence-electron chi connectivity index (χ4n) is 2.64. The fraction of sp³-hybridized carbons (Fsp3) is 0.600. The summed E-state index contributed by atoms with van der Waals surface area (Å²) in [4.78, 5) is 20.3. The summed E-state index contributed by atoms with van der Waals surface area (Å²) in [5.41, 5.74) is 1.16. The second kappa shape index (κ2) is 6.04. The van der Waals surface area contributed by atoms with Crippen LogP contribution in [0.4, 0.5) is 5.82 Å². The number of rotatable bonds is 3. The minimum atomic E-state index is 0.166. The van der Waals surface area contributed by atoms with Crippen LogP contribution in [0.5, 0.6) is 0 Å². The number of hydrogen-bond acceptors (Lipinski definition) is 3. The van der Waals surface area contributed by atoms with Crippen molar-refractivity contribution in [3.8, 4) is 0 Å². The molecule has 0 unspecified atom stereocenters. The number of anilines is 1. The lowest BCUT2D eigenvalue weighted by atomic mass is 9.96. The molecule has 1 saturated heterocycles. The van der Waals surface area contributed by atoms with Crippen LogP contribution in [-0.2, 0) is 4.79 Å². The average Bonchev–Trinajstić information content (AvgIpc) is 2.46. The summed E-state index contributed by atoms with van der Waals surface area (Å²) < 4.78 is 0. The average molecular weight is 261 g/mol. The predicted octanol–water partition coefficient (Wildman–Crippen LogP) is 2.61. The summed E-state index contributed by atoms with van der Waals surface area (Å²) in [6, 6.07) is 4.37. The van der Waals surface area contributed by atoms with E-state index in [-0.39, 0.29) is 11.9 Å². The van der Waals surface area contributed by atoms with Crippen molar-refractivity contribution < 1.29 is 4.79 Å². The van der Waals surface area contributed by atoms with Gasteiger partial charge in [-0.15, -0.1) is 0 Å². The van der Waals surface area contributed by atoms with Gasteiger partial charge in [-0.25, -0.2) is 4.98 Å². The number of pyridine rings is 1. The van der Waals surface area contributed by atoms with Gasteiger partial charge in [-0.05, 0) is 37.8 Å². The third kappa shape index (κ3) is 3.06. The van der Waals surface area contributed by atoms with E-state index in [1.54, 1.807) is 6.92 Å². The van der Waals surface area contributed by atoms with Crippen molar-refractivity contribution in [2.24, 2.45) is 0 Å². The van der Waals surface area contributed by atoms with E-state index in [4.69, 9.17) is 0 Å². The van der Waals surface area contributed by atoms with Crippen LogP contribution in [0.2, 0.25) is 0 Å². The van der Waals surface area contributed by atoms with Gasteiger partial charge in [0.1, 0.15) is 5.82 Å². The molecule has 4 heteroatoms. The van der Waals surface area contributed by atoms with Crippen molar-refractivity contribution >= 4 is 11.7 Å². The number of carbonyl (C=O) groups is 1. The third-order valence-electron chi connectivity index (χ3n) is 3.93. The molecule has 2 heterocycles. The first-order valence-corrected chi connectivity index (χ1v) is 7.07. The van der Waals surface area contributed by atoms with Crippen molar-refractivity contribution in [2.45, 2.75) is 39.2 Å². The van der Waals surface area contributed by atoms with Crippen molar-refractivity contribution in [2.75, 3.05) is 25.0 Å². The van der Waals surface area contributed by atoms with Crippen LogP contribution in [0.3, 0.4) is 0 Å². The van der Waals surface area contributed by atoms with E-state index in [1.807, 2.05) is 24.2 Å². The number of hydrogen-bond donors (Lipinski definition) is 0. The van der Waals surface area contributed by atoms with Gasteiger partial charge in [0.2, 0.25) is 5.91 Å². The Kier molecular flexibility index (Phi) is 4.40. The molecule has 0 spiro atoms. The Balaban J connectivity index is 2.18. The number of carbonyl (C=O) groups excluding carboxylic acids is 1. The first-order valence-electron chi connectivity index (χ1n) is 7.07. The summed E-state index contributed by atoms with van der Waals surface area (Å²) in [6.45, 7) is 5.57. The monoisotopic (exact) mass is 261 g/mol. The Morgan fingerprint density at radius 3 is 2.84 bits per heavy atom. The lowest BCUT2D eigenvalue weighted by Crippen LogP contribution is -2.37. The molecule has 4 nitrogen and oxygen atoms in total. The quantitative estimate of drug-likeness (QED) is 0.839. The van der Waals surface area contributed by atoms with Crippen LogP contribution in [0, 0.1) is 0 Å². The molecule has 0 N–H and O–H groups in total. The Labute approximate surface area is 115 Å². The first kappa shape index (κ1) is 13.8. The Morgan fingerprint density at radius 1 is 1.47 bits per heavy atom. The van der Waals surface area contributed by atoms with Crippen molar-refractivity contribution in [3.63, 3.8) is 0 Å². The van der Waals surface area contributed by atoms with Gasteiger partial charge in [0.05, 0.1) is 6.04 Å². The van der Waals surface area contributed by atoms with E-state index in [1.165, 1.54) is 6.42 Å². The first-order chi connectivity index (χ1) is 9.13. The van der Waals surface area contributed by atoms with Crippen LogP contribution >= 0.6 is 0 Å². The molecule has 1 aliphatic heterocycles. The van der Waals surface area contributed by atoms with Crippen molar-refractivity contribution in [3.05, 3.63) is 23.9 Å². The van der Waals surface area contributed by atoms with Gasteiger partial charge in [-0.1, -0.05) is 6.07 Å². The zero-order chi connectivity index (χ0) is 13.8. The largest absolute Gasteiger partial charge is 0.360 e. The van der Waals surface area contributed by atoms with Crippen LogP contribution < -0.4 is 4.90 Å². The maximum atomic E-state index is 11.7. The van der Waals surface area contributed by atoms with E-state index < -0.39 is 0 Å². The van der Waals surface area contributed by atoms with E-state index >= 15 is 0 Å². The Hall–Kier alpha value is -1.58. The van der Waals surface area contributed by atoms with E-state index in [9.17, 15) is 4.79 Å². The highest BCUT2D eigenvalue weighted by atomic mass is 16.2. The van der Waals surface area contributed by atoms with Crippen molar-refractivity contribution in [1.82, 2.24) is 9.88 Å². The summed E-state index contributed by atoms with van der Waals surface area (Å²) in [6.07, 6.45) is 5.27. The molecular formula is C15H23N3O. The van der Waals surface area contributed by atoms with Crippen LogP contribution in [0.15, 0.2) is 18.3 Å². The Morgan fingerprint density at radius 2 is 2.26 bits per heavy atom. The SMILES string of the molecule is CCN(C)c1ccc([C@@H]2CCCCN2C(C)=O)cn1. The standard InChI is InChI=1S/C15H23N3O/c1-4-17(3)15-9-8-13(11-16-15)14-7-5-6-10-18(14)12(2)19/h8-9,11,14H,4-7,10H2,1-3H3/t14-/m0/s1. The lowest BCUT2D eigenvalue weighted by Gasteiger charge is -2.35. The Bertz CT molecular complexity index is 430. The number of likely N-dealkylation sites (tertiary alicyclic amines) is 1. The summed E-state index contributed by atoms with van der Waals surface area (Å²) >= 11 is 0. The second-order valence-corrected chi connectivity index (χ2v) is 5.19. The smallest absolute Gasteiger partial charge is 0.219 e. The normalized spacial score (nSPS) is 19.3. The van der Waals surface area contributed by atoms with Crippen LogP contribution in [-0.4, -0.2) is 35.9 Å². The second-order valence-electron chi connectivity index (χ2n) is 5.19. The molecule has 1 amide bonds. The summed E-state index contributed by atoms with van der Waals surface area (Å²) in [5.74, 6) is 1.15.